The monoisotopic (exact) mass is 716 g/mol. The van der Waals surface area contributed by atoms with Crippen LogP contribution in [0.4, 0.5) is 0 Å². The first-order valence-corrected chi connectivity index (χ1v) is 18.3. The van der Waals surface area contributed by atoms with E-state index in [0.29, 0.717) is 12.4 Å². The number of nitrogens with zero attached hydrogens (tertiary/aromatic N) is 2. The van der Waals surface area contributed by atoms with Gasteiger partial charge in [-0.2, -0.15) is 0 Å². The van der Waals surface area contributed by atoms with Gasteiger partial charge in [0.1, 0.15) is 5.75 Å². The van der Waals surface area contributed by atoms with Crippen LogP contribution in [0.1, 0.15) is 29.7 Å². The number of carbonyl (C=O) groups excluding carboxylic acids is 1. The normalized spacial score (nSPS) is 11.8. The SMILES string of the molecule is CCOC(=O)COc1ccc(-c2c3nc(c(-c4ccccc4)c4ccc([nH]4)c(-c4ccccc4)c4nc(c(-c5ccccc5)c5ccc2[nH]5)C=C4)C=C3)cc1. The van der Waals surface area contributed by atoms with E-state index in [9.17, 15) is 4.79 Å². The summed E-state index contributed by atoms with van der Waals surface area (Å²) in [6.45, 7) is 1.93. The van der Waals surface area contributed by atoms with Crippen LogP contribution in [0.3, 0.4) is 0 Å². The number of aromatic nitrogens is 4. The molecule has 0 aliphatic carbocycles. The zero-order valence-electron chi connectivity index (χ0n) is 30.1. The quantitative estimate of drug-likeness (QED) is 0.153. The van der Waals surface area contributed by atoms with Crippen LogP contribution in [0, 0.1) is 0 Å². The number of hydrogen-bond donors (Lipinski definition) is 2. The van der Waals surface area contributed by atoms with Gasteiger partial charge in [0.15, 0.2) is 6.61 Å². The fourth-order valence-electron chi connectivity index (χ4n) is 7.30. The van der Waals surface area contributed by atoms with Gasteiger partial charge in [-0.05, 0) is 89.9 Å². The van der Waals surface area contributed by atoms with Crippen molar-refractivity contribution >= 4 is 52.3 Å². The molecule has 55 heavy (non-hydrogen) atoms. The van der Waals surface area contributed by atoms with Gasteiger partial charge in [-0.15, -0.1) is 0 Å². The molecule has 0 atom stereocenters. The molecule has 2 N–H and O–H groups in total. The summed E-state index contributed by atoms with van der Waals surface area (Å²) in [6.07, 6.45) is 8.38. The Bertz CT molecular complexity index is 2730. The van der Waals surface area contributed by atoms with Crippen molar-refractivity contribution in [2.45, 2.75) is 6.92 Å². The molecule has 2 aliphatic rings. The van der Waals surface area contributed by atoms with Crippen molar-refractivity contribution in [3.05, 3.63) is 162 Å². The number of esters is 1. The first-order chi connectivity index (χ1) is 27.1. The third-order valence-electron chi connectivity index (χ3n) is 9.75. The number of fused-ring (bicyclic) bond motifs is 8. The number of hydrogen-bond acceptors (Lipinski definition) is 5. The largest absolute Gasteiger partial charge is 0.482 e. The van der Waals surface area contributed by atoms with Crippen LogP contribution in [0.25, 0.3) is 90.9 Å². The van der Waals surface area contributed by atoms with Crippen molar-refractivity contribution in [3.8, 4) is 50.3 Å². The van der Waals surface area contributed by atoms with Crippen LogP contribution in [0.2, 0.25) is 0 Å². The van der Waals surface area contributed by atoms with Crippen molar-refractivity contribution in [2.24, 2.45) is 0 Å². The van der Waals surface area contributed by atoms with Crippen LogP contribution in [-0.4, -0.2) is 39.1 Å². The average Bonchev–Trinajstić information content (AvgIpc) is 4.07. The second kappa shape index (κ2) is 14.6. The van der Waals surface area contributed by atoms with Crippen molar-refractivity contribution in [1.29, 1.82) is 0 Å². The maximum absolute atomic E-state index is 12.0. The zero-order valence-corrected chi connectivity index (χ0v) is 30.1. The Balaban J connectivity index is 1.37. The lowest BCUT2D eigenvalue weighted by molar-refractivity contribution is -0.145. The minimum Gasteiger partial charge on any atom is -0.482 e. The van der Waals surface area contributed by atoms with E-state index in [1.807, 2.05) is 42.5 Å². The molecule has 7 heteroatoms. The summed E-state index contributed by atoms with van der Waals surface area (Å²) in [5.41, 5.74) is 15.1. The summed E-state index contributed by atoms with van der Waals surface area (Å²) >= 11 is 0. The summed E-state index contributed by atoms with van der Waals surface area (Å²) in [6, 6.07) is 47.4. The second-order valence-corrected chi connectivity index (χ2v) is 13.2. The Morgan fingerprint density at radius 1 is 0.473 bits per heavy atom. The van der Waals surface area contributed by atoms with E-state index in [1.54, 1.807) is 6.92 Å². The van der Waals surface area contributed by atoms with Crippen LogP contribution in [0.5, 0.6) is 5.75 Å². The molecule has 0 unspecified atom stereocenters. The van der Waals surface area contributed by atoms with Gasteiger partial charge in [-0.3, -0.25) is 0 Å². The van der Waals surface area contributed by atoms with Crippen molar-refractivity contribution in [3.63, 3.8) is 0 Å². The summed E-state index contributed by atoms with van der Waals surface area (Å²) in [7, 11) is 0. The maximum atomic E-state index is 12.0. The maximum Gasteiger partial charge on any atom is 0.344 e. The van der Waals surface area contributed by atoms with Gasteiger partial charge in [-0.25, -0.2) is 14.8 Å². The first-order valence-electron chi connectivity index (χ1n) is 18.3. The Kier molecular flexibility index (Phi) is 8.94. The molecule has 8 bridgehead atoms. The molecule has 0 saturated heterocycles. The third kappa shape index (κ3) is 6.64. The van der Waals surface area contributed by atoms with Gasteiger partial charge < -0.3 is 19.4 Å². The van der Waals surface area contributed by atoms with Gasteiger partial charge in [0.2, 0.25) is 0 Å². The lowest BCUT2D eigenvalue weighted by atomic mass is 10.0. The molecule has 7 aromatic rings. The number of benzene rings is 4. The van der Waals surface area contributed by atoms with Crippen molar-refractivity contribution in [2.75, 3.05) is 13.2 Å². The highest BCUT2D eigenvalue weighted by molar-refractivity contribution is 5.99. The molecule has 9 rings (SSSR count). The number of aromatic amines is 2. The van der Waals surface area contributed by atoms with Gasteiger partial charge in [0, 0.05) is 44.3 Å². The molecule has 0 amide bonds. The molecule has 7 nitrogen and oxygen atoms in total. The number of carbonyl (C=O) groups is 1. The molecule has 3 aromatic heterocycles. The minimum absolute atomic E-state index is 0.157. The first kappa shape index (κ1) is 33.6. The van der Waals surface area contributed by atoms with E-state index in [0.717, 1.165) is 89.4 Å². The third-order valence-corrected chi connectivity index (χ3v) is 9.75. The lowest BCUT2D eigenvalue weighted by Gasteiger charge is -2.08. The van der Waals surface area contributed by atoms with E-state index in [1.165, 1.54) is 0 Å². The van der Waals surface area contributed by atoms with Crippen molar-refractivity contribution < 1.29 is 14.3 Å². The lowest BCUT2D eigenvalue weighted by Crippen LogP contribution is -2.14. The molecule has 0 radical (unpaired) electrons. The van der Waals surface area contributed by atoms with Crippen LogP contribution < -0.4 is 4.74 Å². The van der Waals surface area contributed by atoms with Gasteiger partial charge >= 0.3 is 5.97 Å². The van der Waals surface area contributed by atoms with Crippen LogP contribution >= 0.6 is 0 Å². The predicted molar refractivity (Wildman–Crippen MR) is 223 cm³/mol. The standard InChI is InChI=1S/C48H36N4O3/c1-2-54-44(53)30-55-35-20-18-34(19-21-35)48-42-28-26-40(51-42)46(32-14-8-4-9-15-32)38-24-22-36(49-38)45(31-12-6-3-7-13-31)37-23-25-39(50-37)47(33-16-10-5-11-17-33)41-27-29-43(48)52-41/h3-29,49,52H,2,30H2,1H3. The van der Waals surface area contributed by atoms with E-state index < -0.39 is 5.97 Å². The Hall–Kier alpha value is -7.25. The Labute approximate surface area is 318 Å². The number of nitrogens with one attached hydrogen (secondary N) is 2. The fraction of sp³-hybridized carbons (Fsp3) is 0.0625. The van der Waals surface area contributed by atoms with Crippen molar-refractivity contribution in [1.82, 2.24) is 19.9 Å². The van der Waals surface area contributed by atoms with Gasteiger partial charge in [0.05, 0.1) is 29.4 Å². The number of rotatable bonds is 8. The predicted octanol–water partition coefficient (Wildman–Crippen LogP) is 11.3. The average molecular weight is 717 g/mol. The van der Waals surface area contributed by atoms with Crippen LogP contribution in [0.15, 0.2) is 140 Å². The smallest absolute Gasteiger partial charge is 0.344 e. The topological polar surface area (TPSA) is 92.9 Å². The van der Waals surface area contributed by atoms with E-state index in [-0.39, 0.29) is 6.61 Å². The highest BCUT2D eigenvalue weighted by Gasteiger charge is 2.19. The number of H-pyrrole nitrogens is 2. The summed E-state index contributed by atoms with van der Waals surface area (Å²) in [5, 5.41) is 0. The van der Waals surface area contributed by atoms with E-state index in [2.05, 4.69) is 131 Å². The molecule has 266 valence electrons. The van der Waals surface area contributed by atoms with Crippen LogP contribution in [-0.2, 0) is 9.53 Å². The van der Waals surface area contributed by atoms with E-state index >= 15 is 0 Å². The Morgan fingerprint density at radius 2 is 0.818 bits per heavy atom. The molecule has 0 saturated carbocycles. The molecule has 2 aliphatic heterocycles. The second-order valence-electron chi connectivity index (χ2n) is 13.2. The zero-order chi connectivity index (χ0) is 37.1. The van der Waals surface area contributed by atoms with Gasteiger partial charge in [-0.1, -0.05) is 103 Å². The van der Waals surface area contributed by atoms with Gasteiger partial charge in [0.25, 0.3) is 0 Å². The molecule has 4 aromatic carbocycles. The highest BCUT2D eigenvalue weighted by atomic mass is 16.6. The highest BCUT2D eigenvalue weighted by Crippen LogP contribution is 2.38. The molecular weight excluding hydrogens is 681 g/mol. The fourth-order valence-corrected chi connectivity index (χ4v) is 7.30. The summed E-state index contributed by atoms with van der Waals surface area (Å²) < 4.78 is 10.8. The van der Waals surface area contributed by atoms with E-state index in [4.69, 9.17) is 19.4 Å². The molecule has 0 spiro atoms. The molecule has 5 heterocycles. The summed E-state index contributed by atoms with van der Waals surface area (Å²) in [5.74, 6) is 0.164. The molecular formula is C48H36N4O3. The minimum atomic E-state index is -0.406. The summed E-state index contributed by atoms with van der Waals surface area (Å²) in [4.78, 5) is 30.3. The number of ether oxygens (including phenoxy) is 2. The Morgan fingerprint density at radius 3 is 1.16 bits per heavy atom. The molecule has 0 fully saturated rings.